The minimum atomic E-state index is -0.478. The Balaban J connectivity index is 2.50. The molecule has 6 heteroatoms. The van der Waals surface area contributed by atoms with Crippen molar-refractivity contribution in [2.75, 3.05) is 32.2 Å². The van der Waals surface area contributed by atoms with E-state index in [2.05, 4.69) is 18.8 Å². The van der Waals surface area contributed by atoms with Gasteiger partial charge in [0.25, 0.3) is 0 Å². The average Bonchev–Trinajstić information content (AvgIpc) is 2.40. The van der Waals surface area contributed by atoms with Crippen molar-refractivity contribution in [2.45, 2.75) is 20.8 Å². The molecule has 0 spiro atoms. The summed E-state index contributed by atoms with van der Waals surface area (Å²) in [5, 5.41) is 0. The van der Waals surface area contributed by atoms with Crippen LogP contribution in [0.4, 0.5) is 5.69 Å². The molecule has 0 bridgehead atoms. The molecule has 1 aromatic heterocycles. The number of nitrogens with two attached hydrogens (primary N) is 1. The van der Waals surface area contributed by atoms with Crippen molar-refractivity contribution in [1.82, 2.24) is 4.98 Å². The number of hydrogen-bond donors (Lipinski definition) is 1. The summed E-state index contributed by atoms with van der Waals surface area (Å²) >= 11 is 0. The molecular formula is C14H22N2O4. The first kappa shape index (κ1) is 16.2. The van der Waals surface area contributed by atoms with Gasteiger partial charge in [0.1, 0.15) is 6.61 Å². The maximum atomic E-state index is 11.7. The number of carbonyl (C=O) groups is 1. The predicted octanol–water partition coefficient (Wildman–Crippen LogP) is 1.89. The molecule has 20 heavy (non-hydrogen) atoms. The Morgan fingerprint density at radius 2 is 2.15 bits per heavy atom. The molecule has 0 aliphatic carbocycles. The Kier molecular flexibility index (Phi) is 6.79. The molecule has 0 radical (unpaired) electrons. The molecule has 0 saturated heterocycles. The second-order valence-electron chi connectivity index (χ2n) is 4.65. The first-order chi connectivity index (χ1) is 9.54. The van der Waals surface area contributed by atoms with Crippen molar-refractivity contribution in [1.29, 1.82) is 0 Å². The van der Waals surface area contributed by atoms with Crippen LogP contribution in [0, 0.1) is 5.92 Å². The van der Waals surface area contributed by atoms with Gasteiger partial charge in [0.05, 0.1) is 30.7 Å². The molecular weight excluding hydrogens is 260 g/mol. The van der Waals surface area contributed by atoms with Gasteiger partial charge in [0, 0.05) is 12.7 Å². The molecule has 0 aromatic carbocycles. The van der Waals surface area contributed by atoms with Crippen molar-refractivity contribution >= 4 is 11.7 Å². The second kappa shape index (κ2) is 8.37. The van der Waals surface area contributed by atoms with Gasteiger partial charge in [0.2, 0.25) is 5.88 Å². The van der Waals surface area contributed by atoms with E-state index in [1.54, 1.807) is 6.92 Å². The van der Waals surface area contributed by atoms with E-state index in [0.717, 1.165) is 0 Å². The van der Waals surface area contributed by atoms with Gasteiger partial charge in [-0.2, -0.15) is 0 Å². The summed E-state index contributed by atoms with van der Waals surface area (Å²) < 4.78 is 15.7. The van der Waals surface area contributed by atoms with E-state index in [0.29, 0.717) is 38.2 Å². The molecule has 0 amide bonds. The first-order valence-corrected chi connectivity index (χ1v) is 6.67. The smallest absolute Gasteiger partial charge is 0.340 e. The molecule has 1 rings (SSSR count). The number of ether oxygens (including phenoxy) is 3. The van der Waals surface area contributed by atoms with Crippen LogP contribution in [0.1, 0.15) is 31.1 Å². The Bertz CT molecular complexity index is 435. The SMILES string of the molecule is CCOC(=O)c1cc(OCCOCC(C)C)ncc1N. The number of carbonyl (C=O) groups excluding carboxylic acids is 1. The van der Waals surface area contributed by atoms with E-state index in [1.165, 1.54) is 12.3 Å². The number of rotatable bonds is 8. The van der Waals surface area contributed by atoms with Crippen LogP contribution in [-0.4, -0.2) is 37.4 Å². The van der Waals surface area contributed by atoms with Crippen LogP contribution in [0.2, 0.25) is 0 Å². The summed E-state index contributed by atoms with van der Waals surface area (Å²) in [5.74, 6) is 0.337. The summed E-state index contributed by atoms with van der Waals surface area (Å²) in [6.07, 6.45) is 1.39. The lowest BCUT2D eigenvalue weighted by Crippen LogP contribution is -2.12. The average molecular weight is 282 g/mol. The third-order valence-electron chi connectivity index (χ3n) is 2.33. The molecule has 1 heterocycles. The maximum absolute atomic E-state index is 11.7. The number of pyridine rings is 1. The van der Waals surface area contributed by atoms with Gasteiger partial charge in [-0.3, -0.25) is 0 Å². The van der Waals surface area contributed by atoms with Gasteiger partial charge in [-0.1, -0.05) is 13.8 Å². The summed E-state index contributed by atoms with van der Waals surface area (Å²) in [5.41, 5.74) is 6.22. The van der Waals surface area contributed by atoms with Crippen LogP contribution in [0.5, 0.6) is 5.88 Å². The molecule has 6 nitrogen and oxygen atoms in total. The van der Waals surface area contributed by atoms with E-state index in [-0.39, 0.29) is 11.3 Å². The van der Waals surface area contributed by atoms with Crippen LogP contribution in [-0.2, 0) is 9.47 Å². The van der Waals surface area contributed by atoms with Crippen LogP contribution >= 0.6 is 0 Å². The predicted molar refractivity (Wildman–Crippen MR) is 75.8 cm³/mol. The zero-order valence-electron chi connectivity index (χ0n) is 12.2. The van der Waals surface area contributed by atoms with E-state index in [1.807, 2.05) is 0 Å². The fourth-order valence-corrected chi connectivity index (χ4v) is 1.44. The fraction of sp³-hybridized carbons (Fsp3) is 0.571. The van der Waals surface area contributed by atoms with Gasteiger partial charge in [0.15, 0.2) is 0 Å². The number of nitrogens with zero attached hydrogens (tertiary/aromatic N) is 1. The number of aromatic nitrogens is 1. The summed E-state index contributed by atoms with van der Waals surface area (Å²) in [7, 11) is 0. The Hall–Kier alpha value is -1.82. The lowest BCUT2D eigenvalue weighted by atomic mass is 10.2. The molecule has 0 atom stereocenters. The minimum absolute atomic E-state index is 0.264. The van der Waals surface area contributed by atoms with Crippen LogP contribution in [0.15, 0.2) is 12.3 Å². The third-order valence-corrected chi connectivity index (χ3v) is 2.33. The van der Waals surface area contributed by atoms with Crippen molar-refractivity contribution in [3.8, 4) is 5.88 Å². The zero-order chi connectivity index (χ0) is 15.0. The highest BCUT2D eigenvalue weighted by atomic mass is 16.5. The fourth-order valence-electron chi connectivity index (χ4n) is 1.44. The number of hydrogen-bond acceptors (Lipinski definition) is 6. The van der Waals surface area contributed by atoms with Gasteiger partial charge in [-0.05, 0) is 12.8 Å². The van der Waals surface area contributed by atoms with Gasteiger partial charge in [-0.15, -0.1) is 0 Å². The monoisotopic (exact) mass is 282 g/mol. The van der Waals surface area contributed by atoms with E-state index >= 15 is 0 Å². The van der Waals surface area contributed by atoms with E-state index in [9.17, 15) is 4.79 Å². The van der Waals surface area contributed by atoms with Crippen molar-refractivity contribution in [3.63, 3.8) is 0 Å². The highest BCUT2D eigenvalue weighted by molar-refractivity contribution is 5.95. The van der Waals surface area contributed by atoms with Crippen molar-refractivity contribution in [2.24, 2.45) is 5.92 Å². The summed E-state index contributed by atoms with van der Waals surface area (Å²) in [6, 6.07) is 1.48. The van der Waals surface area contributed by atoms with Gasteiger partial charge >= 0.3 is 5.97 Å². The van der Waals surface area contributed by atoms with E-state index in [4.69, 9.17) is 19.9 Å². The molecule has 0 saturated carbocycles. The first-order valence-electron chi connectivity index (χ1n) is 6.67. The molecule has 0 aliphatic heterocycles. The molecule has 112 valence electrons. The van der Waals surface area contributed by atoms with Crippen LogP contribution in [0.25, 0.3) is 0 Å². The highest BCUT2D eigenvalue weighted by Crippen LogP contribution is 2.17. The van der Waals surface area contributed by atoms with E-state index < -0.39 is 5.97 Å². The number of anilines is 1. The maximum Gasteiger partial charge on any atom is 0.340 e. The van der Waals surface area contributed by atoms with Crippen molar-refractivity contribution < 1.29 is 19.0 Å². The molecule has 0 aliphatic rings. The zero-order valence-corrected chi connectivity index (χ0v) is 12.2. The number of esters is 1. The largest absolute Gasteiger partial charge is 0.475 e. The Labute approximate surface area is 119 Å². The molecule has 0 unspecified atom stereocenters. The lowest BCUT2D eigenvalue weighted by molar-refractivity contribution is 0.0526. The Morgan fingerprint density at radius 3 is 2.80 bits per heavy atom. The summed E-state index contributed by atoms with van der Waals surface area (Å²) in [6.45, 7) is 7.71. The van der Waals surface area contributed by atoms with Crippen molar-refractivity contribution in [3.05, 3.63) is 17.8 Å². The lowest BCUT2D eigenvalue weighted by Gasteiger charge is -2.10. The highest BCUT2D eigenvalue weighted by Gasteiger charge is 2.13. The standard InChI is InChI=1S/C14H22N2O4/c1-4-19-14(17)11-7-13(16-8-12(11)15)20-6-5-18-9-10(2)3/h7-8,10H,4-6,9,15H2,1-3H3. The molecule has 2 N–H and O–H groups in total. The summed E-state index contributed by atoms with van der Waals surface area (Å²) in [4.78, 5) is 15.7. The molecule has 1 aromatic rings. The minimum Gasteiger partial charge on any atom is -0.475 e. The number of nitrogen functional groups attached to an aromatic ring is 1. The van der Waals surface area contributed by atoms with Crippen LogP contribution < -0.4 is 10.5 Å². The second-order valence-corrected chi connectivity index (χ2v) is 4.65. The van der Waals surface area contributed by atoms with Gasteiger partial charge < -0.3 is 19.9 Å². The topological polar surface area (TPSA) is 83.7 Å². The van der Waals surface area contributed by atoms with Crippen LogP contribution in [0.3, 0.4) is 0 Å². The quantitative estimate of drug-likeness (QED) is 0.579. The molecule has 0 fully saturated rings. The normalized spacial score (nSPS) is 10.6. The third kappa shape index (κ3) is 5.44. The van der Waals surface area contributed by atoms with Gasteiger partial charge in [-0.25, -0.2) is 9.78 Å². The Morgan fingerprint density at radius 1 is 1.40 bits per heavy atom.